The van der Waals surface area contributed by atoms with E-state index in [1.807, 2.05) is 0 Å². The van der Waals surface area contributed by atoms with E-state index < -0.39 is 65.3 Å². The molecule has 0 saturated carbocycles. The second-order valence-electron chi connectivity index (χ2n) is 6.61. The first-order valence-electron chi connectivity index (χ1n) is 8.38. The van der Waals surface area contributed by atoms with Gasteiger partial charge in [-0.15, -0.1) is 0 Å². The van der Waals surface area contributed by atoms with Crippen LogP contribution in [0.3, 0.4) is 0 Å². The van der Waals surface area contributed by atoms with Crippen molar-refractivity contribution in [2.75, 3.05) is 6.54 Å². The van der Waals surface area contributed by atoms with Gasteiger partial charge in [0.05, 0.1) is 0 Å². The zero-order chi connectivity index (χ0) is 29.2. The molecule has 0 fully saturated rings. The van der Waals surface area contributed by atoms with Gasteiger partial charge in [-0.05, 0) is 0 Å². The van der Waals surface area contributed by atoms with E-state index in [1.54, 1.807) is 0 Å². The maximum atomic E-state index is 13.7. The molecular weight excluding hydrogens is 689 g/mol. The molecule has 0 aliphatic heterocycles. The molecule has 0 aliphatic carbocycles. The van der Waals surface area contributed by atoms with Crippen LogP contribution in [0.4, 0.5) is 65.9 Å². The van der Waals surface area contributed by atoms with Crippen LogP contribution in [0.2, 0.25) is 0 Å². The number of nitrogens with zero attached hydrogens (tertiary/aromatic N) is 1. The van der Waals surface area contributed by atoms with Crippen molar-refractivity contribution in [3.63, 3.8) is 0 Å². The molecule has 0 bridgehead atoms. The first kappa shape index (κ1) is 35.7. The van der Waals surface area contributed by atoms with Crippen LogP contribution in [0.5, 0.6) is 0 Å². The fourth-order valence-corrected chi connectivity index (χ4v) is 2.53. The van der Waals surface area contributed by atoms with Crippen molar-refractivity contribution in [3.05, 3.63) is 29.3 Å². The Kier molecular flexibility index (Phi) is 11.7. The summed E-state index contributed by atoms with van der Waals surface area (Å²) in [6.45, 7) is -1.27. The topological polar surface area (TPSA) is 12.4 Å². The second-order valence-corrected chi connectivity index (χ2v) is 10.0. The summed E-state index contributed by atoms with van der Waals surface area (Å²) in [7, 11) is 9.78. The van der Waals surface area contributed by atoms with E-state index in [2.05, 4.69) is 21.0 Å². The molecule has 0 N–H and O–H groups in total. The Balaban J connectivity index is 0.00000387. The Morgan fingerprint density at radius 2 is 1.14 bits per heavy atom. The Bertz CT molecular complexity index is 921. The standard InChI is InChI=1S/C16H9F15NSe.2ClH.Ti/c1-7-3-2-4-8(9(7)33)5-32-6-10(17,18)11(19,20)12(21,22)13(23,24)14(25,26)15(27,28)16(29,30)31;;;/h2-5H,6H2,1H3;2*1H;/q;;;+2/p-2. The van der Waals surface area contributed by atoms with Gasteiger partial charge in [0.1, 0.15) is 0 Å². The molecule has 0 atom stereocenters. The predicted octanol–water partition coefficient (Wildman–Crippen LogP) is 6.96. The van der Waals surface area contributed by atoms with E-state index in [0.29, 0.717) is 11.8 Å². The van der Waals surface area contributed by atoms with Crippen molar-refractivity contribution in [1.82, 2.24) is 0 Å². The number of aliphatic imine (C=N–C) groups is 1. The van der Waals surface area contributed by atoms with Gasteiger partial charge >= 0.3 is 205 Å². The Morgan fingerprint density at radius 3 is 1.56 bits per heavy atom. The van der Waals surface area contributed by atoms with E-state index in [4.69, 9.17) is 18.6 Å². The van der Waals surface area contributed by atoms with E-state index >= 15 is 0 Å². The first-order chi connectivity index (χ1) is 15.8. The van der Waals surface area contributed by atoms with Gasteiger partial charge in [-0.25, -0.2) is 0 Å². The molecule has 0 heterocycles. The number of benzene rings is 1. The normalized spacial score (nSPS) is 14.5. The van der Waals surface area contributed by atoms with Crippen molar-refractivity contribution >= 4 is 45.3 Å². The van der Waals surface area contributed by atoms with Crippen molar-refractivity contribution in [3.8, 4) is 0 Å². The van der Waals surface area contributed by atoms with Gasteiger partial charge < -0.3 is 0 Å². The van der Waals surface area contributed by atoms with Crippen LogP contribution in [-0.2, 0) is 17.0 Å². The average Bonchev–Trinajstić information content (AvgIpc) is 2.70. The predicted molar refractivity (Wildman–Crippen MR) is 96.5 cm³/mol. The molecule has 1 rings (SSSR count). The summed E-state index contributed by atoms with van der Waals surface area (Å²) in [5.74, 6) is -46.6. The molecule has 0 saturated heterocycles. The Hall–Kier alpha value is -0.346. The van der Waals surface area contributed by atoms with Gasteiger partial charge in [0.25, 0.3) is 0 Å². The molecule has 0 amide bonds. The zero-order valence-corrected chi connectivity index (χ0v) is 21.6. The van der Waals surface area contributed by atoms with E-state index in [-0.39, 0.29) is 10.0 Å². The van der Waals surface area contributed by atoms with Crippen LogP contribution in [0, 0.1) is 6.92 Å². The fourth-order valence-electron chi connectivity index (χ4n) is 2.13. The fraction of sp³-hybridized carbons (Fsp3) is 0.562. The Labute approximate surface area is 217 Å². The van der Waals surface area contributed by atoms with E-state index in [1.165, 1.54) is 19.1 Å². The molecule has 20 heteroatoms. The van der Waals surface area contributed by atoms with Gasteiger partial charge in [-0.1, -0.05) is 0 Å². The number of aryl methyl sites for hydroxylation is 1. The van der Waals surface area contributed by atoms with Crippen molar-refractivity contribution in [1.29, 1.82) is 0 Å². The molecular formula is C16H9Cl2F15NSeTi. The van der Waals surface area contributed by atoms with Crippen molar-refractivity contribution in [2.45, 2.75) is 48.6 Å². The van der Waals surface area contributed by atoms with Crippen LogP contribution in [0.1, 0.15) is 11.1 Å². The molecule has 1 nitrogen and oxygen atoms in total. The van der Waals surface area contributed by atoms with Crippen LogP contribution in [0.15, 0.2) is 23.2 Å². The van der Waals surface area contributed by atoms with Gasteiger partial charge in [-0.3, -0.25) is 0 Å². The summed E-state index contributed by atoms with van der Waals surface area (Å²) in [5.41, 5.74) is 0.387. The number of hydrogen-bond donors (Lipinski definition) is 0. The van der Waals surface area contributed by atoms with Gasteiger partial charge in [-0.2, -0.15) is 13.2 Å². The van der Waals surface area contributed by atoms with Crippen molar-refractivity contribution < 1.29 is 82.9 Å². The van der Waals surface area contributed by atoms with Gasteiger partial charge in [0, 0.05) is 0 Å². The minimum atomic E-state index is -8.29. The van der Waals surface area contributed by atoms with E-state index in [9.17, 15) is 65.9 Å². The van der Waals surface area contributed by atoms with Crippen molar-refractivity contribution in [2.24, 2.45) is 4.99 Å². The van der Waals surface area contributed by atoms with Gasteiger partial charge in [0.2, 0.25) is 0 Å². The quantitative estimate of drug-likeness (QED) is 0.158. The summed E-state index contributed by atoms with van der Waals surface area (Å²) in [6.07, 6.45) is -7.23. The number of rotatable bonds is 8. The molecule has 0 unspecified atom stereocenters. The molecule has 1 aromatic carbocycles. The summed E-state index contributed by atoms with van der Waals surface area (Å²) in [6, 6.07) is 3.94. The van der Waals surface area contributed by atoms with Crippen LogP contribution in [0.25, 0.3) is 0 Å². The molecule has 0 spiro atoms. The summed E-state index contributed by atoms with van der Waals surface area (Å²) in [5, 5.41) is 0. The molecule has 36 heavy (non-hydrogen) atoms. The van der Waals surface area contributed by atoms with Gasteiger partial charge in [0.15, 0.2) is 0 Å². The SMILES string of the molecule is Cc1cccc(C=NCC(F)(F)C(F)(F)C(F)(F)C(F)(F)C(F)(F)C(F)(F)C(F)(F)F)c1[Se].[Cl][Ti][Cl]. The molecule has 0 aliphatic rings. The third kappa shape index (κ3) is 6.44. The Morgan fingerprint density at radius 1 is 0.750 bits per heavy atom. The molecule has 1 aromatic rings. The third-order valence-electron chi connectivity index (χ3n) is 4.16. The average molecular weight is 698 g/mol. The monoisotopic (exact) mass is 698 g/mol. The van der Waals surface area contributed by atoms with E-state index in [0.717, 1.165) is 6.07 Å². The number of hydrogen-bond acceptors (Lipinski definition) is 1. The minimum absolute atomic E-state index is 0.0810. The number of halogens is 17. The van der Waals surface area contributed by atoms with Crippen LogP contribution >= 0.6 is 18.6 Å². The summed E-state index contributed by atoms with van der Waals surface area (Å²) >= 11 is 1.86. The third-order valence-corrected chi connectivity index (χ3v) is 5.33. The summed E-state index contributed by atoms with van der Waals surface area (Å²) < 4.78 is 196. The second kappa shape index (κ2) is 11.8. The molecule has 0 aromatic heterocycles. The molecule has 1 radical (unpaired) electrons. The zero-order valence-electron chi connectivity index (χ0n) is 16.8. The molecule has 207 valence electrons. The first-order valence-corrected chi connectivity index (χ1v) is 13.5. The van der Waals surface area contributed by atoms with Crippen LogP contribution < -0.4 is 4.46 Å². The number of alkyl halides is 15. The summed E-state index contributed by atoms with van der Waals surface area (Å²) in [4.78, 5) is 2.66. The maximum absolute atomic E-state index is 13.7. The van der Waals surface area contributed by atoms with Crippen LogP contribution in [-0.4, -0.2) is 70.5 Å².